The fourth-order valence-corrected chi connectivity index (χ4v) is 4.71. The highest BCUT2D eigenvalue weighted by Gasteiger charge is 2.55. The predicted octanol–water partition coefficient (Wildman–Crippen LogP) is 2.35. The zero-order valence-corrected chi connectivity index (χ0v) is 16.2. The number of nitrogens with one attached hydrogen (secondary N) is 1. The number of aromatic nitrogens is 2. The van der Waals surface area contributed by atoms with Crippen LogP contribution in [-0.4, -0.2) is 53.5 Å². The van der Waals surface area contributed by atoms with E-state index in [0.717, 1.165) is 44.0 Å². The molecule has 4 rings (SSSR count). The van der Waals surface area contributed by atoms with Crippen LogP contribution in [0.2, 0.25) is 5.02 Å². The number of amides is 1. The Morgan fingerprint density at radius 3 is 2.74 bits per heavy atom. The summed E-state index contributed by atoms with van der Waals surface area (Å²) in [6.45, 7) is 3.23. The van der Waals surface area contributed by atoms with Crippen molar-refractivity contribution in [1.29, 1.82) is 0 Å². The van der Waals surface area contributed by atoms with E-state index >= 15 is 0 Å². The number of carbonyl (C=O) groups is 1. The number of fused-ring (bicyclic) bond motifs is 1. The van der Waals surface area contributed by atoms with Crippen LogP contribution in [0.4, 0.5) is 5.95 Å². The van der Waals surface area contributed by atoms with Crippen LogP contribution >= 0.6 is 11.6 Å². The molecular weight excluding hydrogens is 362 g/mol. The minimum atomic E-state index is -0.432. The molecular formula is C20H24ClN5O. The average molecular weight is 386 g/mol. The van der Waals surface area contributed by atoms with E-state index in [-0.39, 0.29) is 11.9 Å². The molecule has 2 aliphatic heterocycles. The Morgan fingerprint density at radius 2 is 2.04 bits per heavy atom. The number of nitrogens with zero attached hydrogens (tertiary/aromatic N) is 4. The summed E-state index contributed by atoms with van der Waals surface area (Å²) >= 11 is 6.01. The molecule has 6 nitrogen and oxygen atoms in total. The number of anilines is 1. The number of rotatable bonds is 4. The summed E-state index contributed by atoms with van der Waals surface area (Å²) in [6, 6.07) is 9.82. The van der Waals surface area contributed by atoms with E-state index in [9.17, 15) is 4.79 Å². The molecule has 0 unspecified atom stereocenters. The standard InChI is InChI=1S/C20H24ClN5O/c1-22-18(27)20-8-2-11-26(19-23-9-3-10-24-19)17(20)13-25(14-20)12-15-4-6-16(21)7-5-15/h3-7,9-10,17H,2,8,11-14H2,1H3,(H,22,27)/t17-,20-/m1/s1. The van der Waals surface area contributed by atoms with E-state index in [1.54, 1.807) is 19.4 Å². The lowest BCUT2D eigenvalue weighted by Gasteiger charge is -2.44. The lowest BCUT2D eigenvalue weighted by molar-refractivity contribution is -0.131. The maximum Gasteiger partial charge on any atom is 0.229 e. The monoisotopic (exact) mass is 385 g/mol. The Bertz CT molecular complexity index is 800. The van der Waals surface area contributed by atoms with Gasteiger partial charge in [0.15, 0.2) is 0 Å². The third-order valence-electron chi connectivity index (χ3n) is 5.78. The molecule has 142 valence electrons. The van der Waals surface area contributed by atoms with Crippen LogP contribution in [0.1, 0.15) is 18.4 Å². The largest absolute Gasteiger partial charge is 0.359 e. The summed E-state index contributed by atoms with van der Waals surface area (Å²) in [7, 11) is 1.73. The zero-order valence-electron chi connectivity index (χ0n) is 15.4. The molecule has 2 atom stereocenters. The molecule has 2 aliphatic rings. The maximum atomic E-state index is 13.0. The van der Waals surface area contributed by atoms with E-state index in [4.69, 9.17) is 11.6 Å². The van der Waals surface area contributed by atoms with Crippen LogP contribution in [0, 0.1) is 5.41 Å². The van der Waals surface area contributed by atoms with Gasteiger partial charge in [0.2, 0.25) is 11.9 Å². The number of hydrogen-bond donors (Lipinski definition) is 1. The number of piperidine rings is 1. The van der Waals surface area contributed by atoms with Crippen LogP contribution in [0.25, 0.3) is 0 Å². The summed E-state index contributed by atoms with van der Waals surface area (Å²) in [5, 5.41) is 3.65. The Morgan fingerprint density at radius 1 is 1.30 bits per heavy atom. The minimum absolute atomic E-state index is 0.0703. The molecule has 1 aromatic carbocycles. The first kappa shape index (κ1) is 18.2. The van der Waals surface area contributed by atoms with Crippen LogP contribution in [-0.2, 0) is 11.3 Å². The maximum absolute atomic E-state index is 13.0. The number of hydrogen-bond acceptors (Lipinski definition) is 5. The molecule has 3 heterocycles. The van der Waals surface area contributed by atoms with Crippen LogP contribution < -0.4 is 10.2 Å². The van der Waals surface area contributed by atoms with Gasteiger partial charge in [-0.3, -0.25) is 9.69 Å². The predicted molar refractivity (Wildman–Crippen MR) is 106 cm³/mol. The van der Waals surface area contributed by atoms with Crippen molar-refractivity contribution < 1.29 is 4.79 Å². The topological polar surface area (TPSA) is 61.4 Å². The highest BCUT2D eigenvalue weighted by molar-refractivity contribution is 6.30. The fraction of sp³-hybridized carbons (Fsp3) is 0.450. The fourth-order valence-electron chi connectivity index (χ4n) is 4.58. The molecule has 1 aromatic heterocycles. The molecule has 0 radical (unpaired) electrons. The normalized spacial score (nSPS) is 25.3. The first-order valence-corrected chi connectivity index (χ1v) is 9.73. The third kappa shape index (κ3) is 3.39. The van der Waals surface area contributed by atoms with Crippen LogP contribution in [0.15, 0.2) is 42.7 Å². The first-order valence-electron chi connectivity index (χ1n) is 9.35. The van der Waals surface area contributed by atoms with Crippen LogP contribution in [0.5, 0.6) is 0 Å². The van der Waals surface area contributed by atoms with Gasteiger partial charge < -0.3 is 10.2 Å². The van der Waals surface area contributed by atoms with Gasteiger partial charge in [-0.05, 0) is 36.6 Å². The van der Waals surface area contributed by atoms with Gasteiger partial charge in [-0.2, -0.15) is 0 Å². The highest BCUT2D eigenvalue weighted by atomic mass is 35.5. The van der Waals surface area contributed by atoms with Crippen molar-refractivity contribution in [3.8, 4) is 0 Å². The quantitative estimate of drug-likeness (QED) is 0.875. The molecule has 1 amide bonds. The zero-order chi connectivity index (χ0) is 18.9. The van der Waals surface area contributed by atoms with E-state index < -0.39 is 5.41 Å². The van der Waals surface area contributed by atoms with Crippen molar-refractivity contribution >= 4 is 23.5 Å². The van der Waals surface area contributed by atoms with Crippen molar-refractivity contribution in [3.05, 3.63) is 53.3 Å². The van der Waals surface area contributed by atoms with E-state index in [1.807, 2.05) is 18.2 Å². The lowest BCUT2D eigenvalue weighted by Crippen LogP contribution is -2.58. The Labute approximate surface area is 164 Å². The van der Waals surface area contributed by atoms with E-state index in [2.05, 4.69) is 37.2 Å². The van der Waals surface area contributed by atoms with Crippen molar-refractivity contribution in [2.45, 2.75) is 25.4 Å². The molecule has 2 saturated heterocycles. The van der Waals surface area contributed by atoms with Gasteiger partial charge in [-0.1, -0.05) is 23.7 Å². The number of halogens is 1. The van der Waals surface area contributed by atoms with Gasteiger partial charge in [0, 0.05) is 50.6 Å². The van der Waals surface area contributed by atoms with Crippen molar-refractivity contribution in [2.24, 2.45) is 5.41 Å². The highest BCUT2D eigenvalue weighted by Crippen LogP contribution is 2.43. The van der Waals surface area contributed by atoms with Gasteiger partial charge in [0.1, 0.15) is 0 Å². The van der Waals surface area contributed by atoms with E-state index in [1.165, 1.54) is 5.56 Å². The SMILES string of the molecule is CNC(=O)[C@@]12CCCN(c3ncccn3)[C@@H]1CN(Cc1ccc(Cl)cc1)C2. The van der Waals surface area contributed by atoms with Crippen molar-refractivity contribution in [2.75, 3.05) is 31.6 Å². The Hall–Kier alpha value is -2.18. The second kappa shape index (κ2) is 7.44. The first-order chi connectivity index (χ1) is 13.1. The summed E-state index contributed by atoms with van der Waals surface area (Å²) in [6.07, 6.45) is 5.37. The van der Waals surface area contributed by atoms with Gasteiger partial charge >= 0.3 is 0 Å². The molecule has 27 heavy (non-hydrogen) atoms. The number of likely N-dealkylation sites (tertiary alicyclic amines) is 1. The van der Waals surface area contributed by atoms with Gasteiger partial charge in [-0.25, -0.2) is 9.97 Å². The number of carbonyl (C=O) groups excluding carboxylic acids is 1. The molecule has 0 saturated carbocycles. The summed E-state index contributed by atoms with van der Waals surface area (Å²) in [5.74, 6) is 0.829. The van der Waals surface area contributed by atoms with Gasteiger partial charge in [0.05, 0.1) is 11.5 Å². The summed E-state index contributed by atoms with van der Waals surface area (Å²) in [4.78, 5) is 26.5. The molecule has 2 fully saturated rings. The molecule has 1 N–H and O–H groups in total. The van der Waals surface area contributed by atoms with E-state index in [0.29, 0.717) is 5.95 Å². The van der Waals surface area contributed by atoms with Crippen molar-refractivity contribution in [1.82, 2.24) is 20.2 Å². The summed E-state index contributed by atoms with van der Waals surface area (Å²) < 4.78 is 0. The van der Waals surface area contributed by atoms with Gasteiger partial charge in [-0.15, -0.1) is 0 Å². The van der Waals surface area contributed by atoms with Gasteiger partial charge in [0.25, 0.3) is 0 Å². The second-order valence-electron chi connectivity index (χ2n) is 7.39. The molecule has 0 aliphatic carbocycles. The Kier molecular flexibility index (Phi) is 5.02. The average Bonchev–Trinajstić information content (AvgIpc) is 3.09. The van der Waals surface area contributed by atoms with Crippen molar-refractivity contribution in [3.63, 3.8) is 0 Å². The summed E-state index contributed by atoms with van der Waals surface area (Å²) in [5.41, 5.74) is 0.770. The molecule has 0 spiro atoms. The lowest BCUT2D eigenvalue weighted by atomic mass is 9.74. The Balaban J connectivity index is 1.62. The molecule has 2 aromatic rings. The molecule has 7 heteroatoms. The second-order valence-corrected chi connectivity index (χ2v) is 7.83. The minimum Gasteiger partial charge on any atom is -0.359 e. The molecule has 0 bridgehead atoms. The third-order valence-corrected chi connectivity index (χ3v) is 6.03. The number of benzene rings is 1. The smallest absolute Gasteiger partial charge is 0.229 e. The van der Waals surface area contributed by atoms with Crippen LogP contribution in [0.3, 0.4) is 0 Å².